The zero-order valence-electron chi connectivity index (χ0n) is 12.7. The Morgan fingerprint density at radius 3 is 2.76 bits per heavy atom. The van der Waals surface area contributed by atoms with Crippen molar-refractivity contribution in [3.05, 3.63) is 29.3 Å². The van der Waals surface area contributed by atoms with Crippen molar-refractivity contribution in [1.29, 1.82) is 0 Å². The molecular weight excluding hydrogens is 286 g/mol. The predicted octanol–water partition coefficient (Wildman–Crippen LogP) is 3.64. The lowest BCUT2D eigenvalue weighted by molar-refractivity contribution is 0.101. The Balaban J connectivity index is 1.62. The van der Waals surface area contributed by atoms with Crippen LogP contribution in [0.2, 0.25) is 5.02 Å². The first-order chi connectivity index (χ1) is 10.2. The molecule has 1 unspecified atom stereocenters. The second-order valence-electron chi connectivity index (χ2n) is 5.96. The molecule has 3 nitrogen and oxygen atoms in total. The highest BCUT2D eigenvalue weighted by Crippen LogP contribution is 2.26. The first-order valence-electron chi connectivity index (χ1n) is 7.97. The Bertz CT molecular complexity index is 419. The van der Waals surface area contributed by atoms with Crippen molar-refractivity contribution in [1.82, 2.24) is 5.32 Å². The standard InChI is InChI=1S/C17H26ClNO2/c1-2-13-6-8-15(9-7-13)19-11-16(20)12-21-17-5-3-4-14(18)10-17/h3-5,10,13,15-16,19-20H,2,6-9,11-12H2,1H3. The topological polar surface area (TPSA) is 41.5 Å². The molecule has 1 fully saturated rings. The second kappa shape index (κ2) is 8.62. The fourth-order valence-electron chi connectivity index (χ4n) is 2.89. The van der Waals surface area contributed by atoms with E-state index < -0.39 is 6.10 Å². The number of hydrogen-bond donors (Lipinski definition) is 2. The number of rotatable bonds is 7. The second-order valence-corrected chi connectivity index (χ2v) is 6.39. The molecule has 0 heterocycles. The van der Waals surface area contributed by atoms with Crippen molar-refractivity contribution in [3.8, 4) is 5.75 Å². The van der Waals surface area contributed by atoms with Crippen LogP contribution in [0, 0.1) is 5.92 Å². The summed E-state index contributed by atoms with van der Waals surface area (Å²) in [5.41, 5.74) is 0. The minimum Gasteiger partial charge on any atom is -0.491 e. The summed E-state index contributed by atoms with van der Waals surface area (Å²) in [5.74, 6) is 1.60. The first kappa shape index (κ1) is 16.6. The molecule has 118 valence electrons. The number of aliphatic hydroxyl groups is 1. The molecule has 1 saturated carbocycles. The van der Waals surface area contributed by atoms with Gasteiger partial charge in [0.2, 0.25) is 0 Å². The van der Waals surface area contributed by atoms with E-state index in [-0.39, 0.29) is 6.61 Å². The molecule has 2 rings (SSSR count). The van der Waals surface area contributed by atoms with Crippen LogP contribution in [0.25, 0.3) is 0 Å². The molecule has 1 aromatic carbocycles. The van der Waals surface area contributed by atoms with Crippen LogP contribution in [-0.2, 0) is 0 Å². The molecule has 1 aliphatic carbocycles. The van der Waals surface area contributed by atoms with Crippen LogP contribution < -0.4 is 10.1 Å². The summed E-state index contributed by atoms with van der Waals surface area (Å²) in [5, 5.41) is 14.1. The van der Waals surface area contributed by atoms with E-state index in [2.05, 4.69) is 12.2 Å². The van der Waals surface area contributed by atoms with Crippen LogP contribution in [-0.4, -0.2) is 30.4 Å². The number of halogens is 1. The maximum atomic E-state index is 9.99. The number of benzene rings is 1. The predicted molar refractivity (Wildman–Crippen MR) is 87.0 cm³/mol. The highest BCUT2D eigenvalue weighted by atomic mass is 35.5. The molecule has 0 radical (unpaired) electrons. The average molecular weight is 312 g/mol. The molecule has 1 aliphatic rings. The molecule has 0 bridgehead atoms. The van der Waals surface area contributed by atoms with Gasteiger partial charge in [-0.05, 0) is 49.8 Å². The molecule has 0 aromatic heterocycles. The largest absolute Gasteiger partial charge is 0.491 e. The molecule has 0 saturated heterocycles. The Kier molecular flexibility index (Phi) is 6.81. The van der Waals surface area contributed by atoms with Crippen molar-refractivity contribution in [2.24, 2.45) is 5.92 Å². The van der Waals surface area contributed by atoms with Gasteiger partial charge in [0.25, 0.3) is 0 Å². The third kappa shape index (κ3) is 5.85. The highest BCUT2D eigenvalue weighted by molar-refractivity contribution is 6.30. The number of hydrogen-bond acceptors (Lipinski definition) is 3. The van der Waals surface area contributed by atoms with Crippen LogP contribution in [0.3, 0.4) is 0 Å². The van der Waals surface area contributed by atoms with E-state index in [0.29, 0.717) is 23.4 Å². The van der Waals surface area contributed by atoms with E-state index in [1.165, 1.54) is 32.1 Å². The van der Waals surface area contributed by atoms with E-state index in [4.69, 9.17) is 16.3 Å². The smallest absolute Gasteiger partial charge is 0.120 e. The summed E-state index contributed by atoms with van der Waals surface area (Å²) >= 11 is 5.89. The highest BCUT2D eigenvalue weighted by Gasteiger charge is 2.20. The van der Waals surface area contributed by atoms with Crippen LogP contribution in [0.1, 0.15) is 39.0 Å². The van der Waals surface area contributed by atoms with E-state index in [0.717, 1.165) is 5.92 Å². The summed E-state index contributed by atoms with van der Waals surface area (Å²) in [6, 6.07) is 7.80. The molecule has 4 heteroatoms. The van der Waals surface area contributed by atoms with Crippen LogP contribution in [0.4, 0.5) is 0 Å². The van der Waals surface area contributed by atoms with E-state index in [1.807, 2.05) is 12.1 Å². The third-order valence-electron chi connectivity index (χ3n) is 4.30. The fourth-order valence-corrected chi connectivity index (χ4v) is 3.07. The summed E-state index contributed by atoms with van der Waals surface area (Å²) in [4.78, 5) is 0. The van der Waals surface area contributed by atoms with Crippen LogP contribution in [0.5, 0.6) is 5.75 Å². The summed E-state index contributed by atoms with van der Waals surface area (Å²) in [6.45, 7) is 3.15. The minimum absolute atomic E-state index is 0.289. The van der Waals surface area contributed by atoms with E-state index in [9.17, 15) is 5.11 Å². The average Bonchev–Trinajstić information content (AvgIpc) is 2.51. The van der Waals surface area contributed by atoms with Gasteiger partial charge in [0.15, 0.2) is 0 Å². The lowest BCUT2D eigenvalue weighted by atomic mass is 9.84. The van der Waals surface area contributed by atoms with Crippen molar-refractivity contribution in [2.75, 3.05) is 13.2 Å². The van der Waals surface area contributed by atoms with Gasteiger partial charge in [-0.3, -0.25) is 0 Å². The summed E-state index contributed by atoms with van der Waals surface area (Å²) in [7, 11) is 0. The van der Waals surface area contributed by atoms with Crippen molar-refractivity contribution >= 4 is 11.6 Å². The van der Waals surface area contributed by atoms with Gasteiger partial charge in [0.05, 0.1) is 0 Å². The summed E-state index contributed by atoms with van der Waals surface area (Å²) in [6.07, 6.45) is 5.86. The van der Waals surface area contributed by atoms with Gasteiger partial charge in [-0.15, -0.1) is 0 Å². The van der Waals surface area contributed by atoms with Gasteiger partial charge < -0.3 is 15.2 Å². The number of nitrogens with one attached hydrogen (secondary N) is 1. The zero-order chi connectivity index (χ0) is 15.1. The molecular formula is C17H26ClNO2. The van der Waals surface area contributed by atoms with Crippen molar-refractivity contribution in [3.63, 3.8) is 0 Å². The van der Waals surface area contributed by atoms with Gasteiger partial charge in [-0.25, -0.2) is 0 Å². The maximum Gasteiger partial charge on any atom is 0.120 e. The quantitative estimate of drug-likeness (QED) is 0.808. The fraction of sp³-hybridized carbons (Fsp3) is 0.647. The third-order valence-corrected chi connectivity index (χ3v) is 4.54. The lowest BCUT2D eigenvalue weighted by Gasteiger charge is -2.29. The van der Waals surface area contributed by atoms with Gasteiger partial charge in [0, 0.05) is 17.6 Å². The van der Waals surface area contributed by atoms with Gasteiger partial charge in [0.1, 0.15) is 18.5 Å². The summed E-state index contributed by atoms with van der Waals surface area (Å²) < 4.78 is 5.55. The van der Waals surface area contributed by atoms with Crippen LogP contribution >= 0.6 is 11.6 Å². The lowest BCUT2D eigenvalue weighted by Crippen LogP contribution is -2.39. The number of aliphatic hydroxyl groups excluding tert-OH is 1. The normalized spacial score (nSPS) is 23.8. The van der Waals surface area contributed by atoms with Gasteiger partial charge in [-0.1, -0.05) is 31.0 Å². The minimum atomic E-state index is -0.493. The Hall–Kier alpha value is -0.770. The molecule has 1 atom stereocenters. The number of ether oxygens (including phenoxy) is 1. The van der Waals surface area contributed by atoms with E-state index in [1.54, 1.807) is 12.1 Å². The Morgan fingerprint density at radius 2 is 2.10 bits per heavy atom. The monoisotopic (exact) mass is 311 g/mol. The van der Waals surface area contributed by atoms with Gasteiger partial charge in [-0.2, -0.15) is 0 Å². The molecule has 0 aliphatic heterocycles. The zero-order valence-corrected chi connectivity index (χ0v) is 13.5. The Morgan fingerprint density at radius 1 is 1.33 bits per heavy atom. The molecule has 0 amide bonds. The first-order valence-corrected chi connectivity index (χ1v) is 8.35. The van der Waals surface area contributed by atoms with E-state index >= 15 is 0 Å². The molecule has 0 spiro atoms. The Labute approximate surface area is 132 Å². The molecule has 1 aromatic rings. The molecule has 21 heavy (non-hydrogen) atoms. The van der Waals surface area contributed by atoms with Crippen molar-refractivity contribution in [2.45, 2.75) is 51.2 Å². The maximum absolute atomic E-state index is 9.99. The van der Waals surface area contributed by atoms with Crippen LogP contribution in [0.15, 0.2) is 24.3 Å². The molecule has 2 N–H and O–H groups in total. The van der Waals surface area contributed by atoms with Gasteiger partial charge >= 0.3 is 0 Å². The van der Waals surface area contributed by atoms with Crippen molar-refractivity contribution < 1.29 is 9.84 Å². The SMILES string of the molecule is CCC1CCC(NCC(O)COc2cccc(Cl)c2)CC1.